The molecule has 1 atom stereocenters. The summed E-state index contributed by atoms with van der Waals surface area (Å²) >= 11 is 0. The van der Waals surface area contributed by atoms with Gasteiger partial charge in [-0.1, -0.05) is 0 Å². The molecule has 1 aliphatic heterocycles. The van der Waals surface area contributed by atoms with Crippen LogP contribution in [-0.4, -0.2) is 55.4 Å². The Morgan fingerprint density at radius 2 is 2.31 bits per heavy atom. The molecule has 5 heteroatoms. The van der Waals surface area contributed by atoms with Gasteiger partial charge in [0.1, 0.15) is 0 Å². The highest BCUT2D eigenvalue weighted by atomic mass is 19.3. The molecule has 1 fully saturated rings. The number of hydrogen-bond donors (Lipinski definition) is 1. The molecule has 0 aromatic rings. The van der Waals surface area contributed by atoms with Crippen molar-refractivity contribution in [1.82, 2.24) is 4.90 Å². The van der Waals surface area contributed by atoms with Crippen molar-refractivity contribution in [3.8, 4) is 0 Å². The van der Waals surface area contributed by atoms with E-state index in [1.165, 1.54) is 7.11 Å². The van der Waals surface area contributed by atoms with Crippen LogP contribution in [0.4, 0.5) is 8.78 Å². The van der Waals surface area contributed by atoms with Crippen molar-refractivity contribution in [2.24, 2.45) is 0 Å². The van der Waals surface area contributed by atoms with Gasteiger partial charge < -0.3 is 9.84 Å². The summed E-state index contributed by atoms with van der Waals surface area (Å²) in [5.74, 6) is -2.63. The first-order valence-electron chi connectivity index (χ1n) is 4.31. The zero-order chi connectivity index (χ0) is 9.90. The van der Waals surface area contributed by atoms with Crippen LogP contribution in [-0.2, 0) is 4.74 Å². The summed E-state index contributed by atoms with van der Waals surface area (Å²) in [6.07, 6.45) is -0.166. The van der Waals surface area contributed by atoms with Crippen molar-refractivity contribution in [2.45, 2.75) is 18.4 Å². The average molecular weight is 195 g/mol. The molecule has 0 spiro atoms. The van der Waals surface area contributed by atoms with Crippen LogP contribution < -0.4 is 0 Å². The number of nitrogens with zero attached hydrogens (tertiary/aromatic N) is 1. The molecule has 0 saturated carbocycles. The third-order valence-corrected chi connectivity index (χ3v) is 2.23. The Bertz CT molecular complexity index is 150. The maximum atomic E-state index is 12.9. The molecule has 0 bridgehead atoms. The fourth-order valence-corrected chi connectivity index (χ4v) is 1.71. The van der Waals surface area contributed by atoms with Gasteiger partial charge in [-0.3, -0.25) is 4.90 Å². The predicted molar refractivity (Wildman–Crippen MR) is 43.9 cm³/mol. The number of hydrogen-bond acceptors (Lipinski definition) is 3. The first-order valence-corrected chi connectivity index (χ1v) is 4.31. The SMILES string of the molecule is COC[C@H]1CC(F)(F)CN1CCO. The number of β-amino-alcohol motifs (C(OH)–C–C–N with tert-alkyl or cyclic N) is 1. The van der Waals surface area contributed by atoms with Gasteiger partial charge >= 0.3 is 0 Å². The van der Waals surface area contributed by atoms with E-state index >= 15 is 0 Å². The molecule has 0 unspecified atom stereocenters. The number of aliphatic hydroxyl groups excluding tert-OH is 1. The molecule has 1 heterocycles. The van der Waals surface area contributed by atoms with Crippen LogP contribution in [0, 0.1) is 0 Å². The van der Waals surface area contributed by atoms with E-state index in [4.69, 9.17) is 9.84 Å². The average Bonchev–Trinajstić information content (AvgIpc) is 2.28. The predicted octanol–water partition coefficient (Wildman–Crippen LogP) is 0.335. The molecular weight excluding hydrogens is 180 g/mol. The molecule has 13 heavy (non-hydrogen) atoms. The van der Waals surface area contributed by atoms with Crippen LogP contribution in [0.1, 0.15) is 6.42 Å². The standard InChI is InChI=1S/C8H15F2NO2/c1-13-5-7-4-8(9,10)6-11(7)2-3-12/h7,12H,2-6H2,1H3/t7-/m1/s1. The van der Waals surface area contributed by atoms with E-state index in [9.17, 15) is 8.78 Å². The number of halogens is 2. The second kappa shape index (κ2) is 4.30. The molecule has 1 N–H and O–H groups in total. The number of aliphatic hydroxyl groups is 1. The van der Waals surface area contributed by atoms with Crippen LogP contribution in [0.5, 0.6) is 0 Å². The van der Waals surface area contributed by atoms with Crippen molar-refractivity contribution < 1.29 is 18.6 Å². The molecule has 3 nitrogen and oxygen atoms in total. The lowest BCUT2D eigenvalue weighted by atomic mass is 10.2. The Hall–Kier alpha value is -0.260. The summed E-state index contributed by atoms with van der Waals surface area (Å²) in [7, 11) is 1.49. The van der Waals surface area contributed by atoms with Crippen molar-refractivity contribution in [1.29, 1.82) is 0 Å². The van der Waals surface area contributed by atoms with Crippen LogP contribution in [0.15, 0.2) is 0 Å². The van der Waals surface area contributed by atoms with Crippen LogP contribution in [0.25, 0.3) is 0 Å². The summed E-state index contributed by atoms with van der Waals surface area (Å²) in [5, 5.41) is 8.66. The highest BCUT2D eigenvalue weighted by Crippen LogP contribution is 2.31. The monoisotopic (exact) mass is 195 g/mol. The second-order valence-electron chi connectivity index (χ2n) is 3.36. The number of likely N-dealkylation sites (tertiary alicyclic amines) is 1. The molecule has 1 rings (SSSR count). The first kappa shape index (κ1) is 10.8. The van der Waals surface area contributed by atoms with Gasteiger partial charge in [-0.05, 0) is 0 Å². The molecule has 0 aliphatic carbocycles. The van der Waals surface area contributed by atoms with Gasteiger partial charge in [0, 0.05) is 26.1 Å². The maximum Gasteiger partial charge on any atom is 0.262 e. The van der Waals surface area contributed by atoms with Gasteiger partial charge in [0.25, 0.3) is 5.92 Å². The summed E-state index contributed by atoms with van der Waals surface area (Å²) in [4.78, 5) is 1.57. The molecular formula is C8H15F2NO2. The van der Waals surface area contributed by atoms with Gasteiger partial charge in [0.15, 0.2) is 0 Å². The van der Waals surface area contributed by atoms with E-state index in [0.29, 0.717) is 13.2 Å². The van der Waals surface area contributed by atoms with Gasteiger partial charge in [-0.25, -0.2) is 8.78 Å². The van der Waals surface area contributed by atoms with E-state index in [-0.39, 0.29) is 25.6 Å². The summed E-state index contributed by atoms with van der Waals surface area (Å²) < 4.78 is 30.7. The lowest BCUT2D eigenvalue weighted by Crippen LogP contribution is -2.35. The lowest BCUT2D eigenvalue weighted by Gasteiger charge is -2.21. The minimum absolute atomic E-state index is 0.0870. The maximum absolute atomic E-state index is 12.9. The third kappa shape index (κ3) is 2.86. The van der Waals surface area contributed by atoms with Crippen molar-refractivity contribution >= 4 is 0 Å². The highest BCUT2D eigenvalue weighted by molar-refractivity contribution is 4.90. The molecule has 1 saturated heterocycles. The Morgan fingerprint density at radius 1 is 1.62 bits per heavy atom. The summed E-state index contributed by atoms with van der Waals surface area (Å²) in [6.45, 7) is 0.247. The van der Waals surface area contributed by atoms with E-state index in [1.54, 1.807) is 4.90 Å². The Balaban J connectivity index is 2.49. The molecule has 0 amide bonds. The zero-order valence-corrected chi connectivity index (χ0v) is 7.67. The number of rotatable bonds is 4. The van der Waals surface area contributed by atoms with Crippen molar-refractivity contribution in [3.63, 3.8) is 0 Å². The first-order chi connectivity index (χ1) is 6.09. The van der Waals surface area contributed by atoms with E-state index < -0.39 is 5.92 Å². The summed E-state index contributed by atoms with van der Waals surface area (Å²) in [5.41, 5.74) is 0. The molecule has 0 radical (unpaired) electrons. The third-order valence-electron chi connectivity index (χ3n) is 2.23. The minimum Gasteiger partial charge on any atom is -0.395 e. The molecule has 78 valence electrons. The highest BCUT2D eigenvalue weighted by Gasteiger charge is 2.44. The number of methoxy groups -OCH3 is 1. The normalized spacial score (nSPS) is 28.2. The van der Waals surface area contributed by atoms with Crippen molar-refractivity contribution in [2.75, 3.05) is 33.4 Å². The van der Waals surface area contributed by atoms with Crippen LogP contribution >= 0.6 is 0 Å². The smallest absolute Gasteiger partial charge is 0.262 e. The Labute approximate surface area is 76.3 Å². The largest absolute Gasteiger partial charge is 0.395 e. The minimum atomic E-state index is -2.63. The Morgan fingerprint density at radius 3 is 2.85 bits per heavy atom. The van der Waals surface area contributed by atoms with Crippen LogP contribution in [0.2, 0.25) is 0 Å². The van der Waals surface area contributed by atoms with E-state index in [1.807, 2.05) is 0 Å². The number of alkyl halides is 2. The van der Waals surface area contributed by atoms with Crippen LogP contribution in [0.3, 0.4) is 0 Å². The van der Waals surface area contributed by atoms with Gasteiger partial charge in [0.05, 0.1) is 19.8 Å². The van der Waals surface area contributed by atoms with E-state index in [0.717, 1.165) is 0 Å². The molecule has 0 aromatic heterocycles. The van der Waals surface area contributed by atoms with Crippen molar-refractivity contribution in [3.05, 3.63) is 0 Å². The van der Waals surface area contributed by atoms with Gasteiger partial charge in [-0.15, -0.1) is 0 Å². The lowest BCUT2D eigenvalue weighted by molar-refractivity contribution is 0.0107. The van der Waals surface area contributed by atoms with Gasteiger partial charge in [-0.2, -0.15) is 0 Å². The van der Waals surface area contributed by atoms with E-state index in [2.05, 4.69) is 0 Å². The topological polar surface area (TPSA) is 32.7 Å². The number of ether oxygens (including phenoxy) is 1. The summed E-state index contributed by atoms with van der Waals surface area (Å²) in [6, 6.07) is -0.257. The molecule has 0 aromatic carbocycles. The quantitative estimate of drug-likeness (QED) is 0.702. The fourth-order valence-electron chi connectivity index (χ4n) is 1.71. The zero-order valence-electron chi connectivity index (χ0n) is 7.67. The molecule has 1 aliphatic rings. The second-order valence-corrected chi connectivity index (χ2v) is 3.36. The Kier molecular flexibility index (Phi) is 3.58. The van der Waals surface area contributed by atoms with Gasteiger partial charge in [0.2, 0.25) is 0 Å². The fraction of sp³-hybridized carbons (Fsp3) is 1.00.